The van der Waals surface area contributed by atoms with Crippen molar-refractivity contribution in [1.82, 2.24) is 14.5 Å². The number of benzene rings is 1. The summed E-state index contributed by atoms with van der Waals surface area (Å²) in [5.41, 5.74) is 7.58. The zero-order valence-electron chi connectivity index (χ0n) is 10.7. The smallest absolute Gasteiger partial charge is 0.250 e. The molecule has 0 aliphatic heterocycles. The van der Waals surface area contributed by atoms with Gasteiger partial charge in [-0.2, -0.15) is 4.98 Å². The Morgan fingerprint density at radius 3 is 2.85 bits per heavy atom. The molecule has 6 heteroatoms. The van der Waals surface area contributed by atoms with Gasteiger partial charge >= 0.3 is 0 Å². The van der Waals surface area contributed by atoms with Crippen LogP contribution in [0.5, 0.6) is 0 Å². The van der Waals surface area contributed by atoms with Gasteiger partial charge < -0.3 is 10.3 Å². The van der Waals surface area contributed by atoms with Crippen molar-refractivity contribution < 1.29 is 4.79 Å². The maximum Gasteiger partial charge on any atom is 0.250 e. The summed E-state index contributed by atoms with van der Waals surface area (Å²) >= 11 is 5.86. The van der Waals surface area contributed by atoms with Crippen LogP contribution >= 0.6 is 11.6 Å². The van der Waals surface area contributed by atoms with E-state index in [1.807, 2.05) is 31.2 Å². The first-order valence-corrected chi connectivity index (χ1v) is 6.35. The Labute approximate surface area is 120 Å². The van der Waals surface area contributed by atoms with Crippen LogP contribution in [-0.4, -0.2) is 20.4 Å². The molecule has 0 aliphatic rings. The highest BCUT2D eigenvalue weighted by Crippen LogP contribution is 2.25. The number of fused-ring (bicyclic) bond motifs is 1. The first-order valence-electron chi connectivity index (χ1n) is 5.97. The lowest BCUT2D eigenvalue weighted by Gasteiger charge is -2.07. The minimum atomic E-state index is -0.474. The molecule has 0 saturated heterocycles. The van der Waals surface area contributed by atoms with Gasteiger partial charge in [-0.05, 0) is 24.6 Å². The van der Waals surface area contributed by atoms with Gasteiger partial charge in [-0.3, -0.25) is 4.79 Å². The van der Waals surface area contributed by atoms with Crippen LogP contribution in [0.3, 0.4) is 0 Å². The topological polar surface area (TPSA) is 73.8 Å². The molecule has 1 amide bonds. The maximum absolute atomic E-state index is 11.6. The van der Waals surface area contributed by atoms with Crippen LogP contribution in [0.2, 0.25) is 5.28 Å². The van der Waals surface area contributed by atoms with Crippen LogP contribution in [0.25, 0.3) is 16.7 Å². The molecule has 2 heterocycles. The number of carbonyl (C=O) groups is 1. The van der Waals surface area contributed by atoms with Gasteiger partial charge in [0.2, 0.25) is 5.28 Å². The largest absolute Gasteiger partial charge is 0.366 e. The molecule has 0 bridgehead atoms. The summed E-state index contributed by atoms with van der Waals surface area (Å²) in [5.74, 6) is 0.159. The van der Waals surface area contributed by atoms with E-state index < -0.39 is 5.91 Å². The lowest BCUT2D eigenvalue weighted by Crippen LogP contribution is -2.10. The van der Waals surface area contributed by atoms with Gasteiger partial charge in [-0.1, -0.05) is 18.2 Å². The number of aryl methyl sites for hydroxylation is 1. The van der Waals surface area contributed by atoms with Crippen LogP contribution in [-0.2, 0) is 0 Å². The van der Waals surface area contributed by atoms with Crippen LogP contribution in [0.1, 0.15) is 15.9 Å². The number of halogens is 1. The summed E-state index contributed by atoms with van der Waals surface area (Å²) in [4.78, 5) is 19.7. The molecule has 100 valence electrons. The number of rotatable bonds is 2. The number of aromatic nitrogens is 3. The number of hydrogen-bond donors (Lipinski definition) is 1. The SMILES string of the molecule is Cc1cnc(Cl)nc1-n1cc(C(N)=O)c2ccccc21. The predicted molar refractivity (Wildman–Crippen MR) is 77.1 cm³/mol. The third-order valence-electron chi connectivity index (χ3n) is 3.12. The van der Waals surface area contributed by atoms with E-state index in [2.05, 4.69) is 9.97 Å². The number of carbonyl (C=O) groups excluding carboxylic acids is 1. The standard InChI is InChI=1S/C14H11ClN4O/c1-8-6-17-14(15)18-13(8)19-7-10(12(16)20)9-4-2-3-5-11(9)19/h2-7H,1H3,(H2,16,20). The third-order valence-corrected chi connectivity index (χ3v) is 3.30. The Balaban J connectivity index is 2.37. The zero-order chi connectivity index (χ0) is 14.3. The molecule has 2 aromatic heterocycles. The summed E-state index contributed by atoms with van der Waals surface area (Å²) in [7, 11) is 0. The number of nitrogens with zero attached hydrogens (tertiary/aromatic N) is 3. The maximum atomic E-state index is 11.6. The van der Waals surface area contributed by atoms with Crippen LogP contribution in [0.15, 0.2) is 36.7 Å². The van der Waals surface area contributed by atoms with E-state index in [0.717, 1.165) is 16.5 Å². The molecule has 2 N–H and O–H groups in total. The number of primary amides is 1. The monoisotopic (exact) mass is 286 g/mol. The molecule has 1 aromatic carbocycles. The van der Waals surface area contributed by atoms with Gasteiger partial charge in [0.05, 0.1) is 11.1 Å². The summed E-state index contributed by atoms with van der Waals surface area (Å²) in [6.45, 7) is 1.88. The summed E-state index contributed by atoms with van der Waals surface area (Å²) < 4.78 is 1.80. The third kappa shape index (κ3) is 1.92. The van der Waals surface area contributed by atoms with Crippen LogP contribution in [0.4, 0.5) is 0 Å². The predicted octanol–water partition coefficient (Wildman–Crippen LogP) is 2.48. The number of para-hydroxylation sites is 1. The van der Waals surface area contributed by atoms with Crippen molar-refractivity contribution in [3.05, 3.63) is 53.1 Å². The van der Waals surface area contributed by atoms with E-state index in [1.54, 1.807) is 17.0 Å². The summed E-state index contributed by atoms with van der Waals surface area (Å²) in [5, 5.41) is 0.943. The van der Waals surface area contributed by atoms with Crippen molar-refractivity contribution in [2.45, 2.75) is 6.92 Å². The molecule has 0 atom stereocenters. The lowest BCUT2D eigenvalue weighted by atomic mass is 10.2. The van der Waals surface area contributed by atoms with E-state index in [0.29, 0.717) is 11.4 Å². The molecule has 5 nitrogen and oxygen atoms in total. The number of hydrogen-bond acceptors (Lipinski definition) is 3. The lowest BCUT2D eigenvalue weighted by molar-refractivity contribution is 0.100. The first kappa shape index (κ1) is 12.6. The molecule has 0 saturated carbocycles. The highest BCUT2D eigenvalue weighted by molar-refractivity contribution is 6.28. The fourth-order valence-corrected chi connectivity index (χ4v) is 2.34. The van der Waals surface area contributed by atoms with Crippen molar-refractivity contribution in [3.63, 3.8) is 0 Å². The van der Waals surface area contributed by atoms with Crippen molar-refractivity contribution in [2.24, 2.45) is 5.73 Å². The molecule has 20 heavy (non-hydrogen) atoms. The fraction of sp³-hybridized carbons (Fsp3) is 0.0714. The first-order chi connectivity index (χ1) is 9.58. The molecular weight excluding hydrogens is 276 g/mol. The van der Waals surface area contributed by atoms with Gasteiger partial charge in [0.1, 0.15) is 5.82 Å². The summed E-state index contributed by atoms with van der Waals surface area (Å²) in [6, 6.07) is 7.50. The van der Waals surface area contributed by atoms with Crippen molar-refractivity contribution in [1.29, 1.82) is 0 Å². The average Bonchev–Trinajstić information content (AvgIpc) is 2.81. The van der Waals surface area contributed by atoms with Gasteiger partial charge in [0.25, 0.3) is 5.91 Å². The molecule has 0 radical (unpaired) electrons. The summed E-state index contributed by atoms with van der Waals surface area (Å²) in [6.07, 6.45) is 3.32. The van der Waals surface area contributed by atoms with Gasteiger partial charge in [0, 0.05) is 23.3 Å². The molecule has 3 rings (SSSR count). The van der Waals surface area contributed by atoms with Crippen molar-refractivity contribution >= 4 is 28.4 Å². The Morgan fingerprint density at radius 1 is 1.35 bits per heavy atom. The second-order valence-electron chi connectivity index (χ2n) is 4.44. The van der Waals surface area contributed by atoms with Gasteiger partial charge in [-0.25, -0.2) is 4.98 Å². The van der Waals surface area contributed by atoms with Crippen LogP contribution < -0.4 is 5.73 Å². The molecule has 0 unspecified atom stereocenters. The van der Waals surface area contributed by atoms with Crippen molar-refractivity contribution in [2.75, 3.05) is 0 Å². The second-order valence-corrected chi connectivity index (χ2v) is 4.78. The Bertz CT molecular complexity index is 825. The van der Waals surface area contributed by atoms with Gasteiger partial charge in [0.15, 0.2) is 0 Å². The van der Waals surface area contributed by atoms with E-state index >= 15 is 0 Å². The van der Waals surface area contributed by atoms with E-state index in [4.69, 9.17) is 17.3 Å². The molecule has 0 fully saturated rings. The number of nitrogens with two attached hydrogens (primary N) is 1. The minimum absolute atomic E-state index is 0.156. The fourth-order valence-electron chi connectivity index (χ4n) is 2.21. The van der Waals surface area contributed by atoms with Gasteiger partial charge in [-0.15, -0.1) is 0 Å². The second kappa shape index (κ2) is 4.61. The van der Waals surface area contributed by atoms with E-state index in [-0.39, 0.29) is 5.28 Å². The average molecular weight is 287 g/mol. The molecular formula is C14H11ClN4O. The van der Waals surface area contributed by atoms with E-state index in [9.17, 15) is 4.79 Å². The zero-order valence-corrected chi connectivity index (χ0v) is 11.4. The molecule has 0 aliphatic carbocycles. The van der Waals surface area contributed by atoms with Crippen LogP contribution in [0, 0.1) is 6.92 Å². The minimum Gasteiger partial charge on any atom is -0.366 e. The quantitative estimate of drug-likeness (QED) is 0.736. The highest BCUT2D eigenvalue weighted by atomic mass is 35.5. The Kier molecular flexibility index (Phi) is 2.91. The Hall–Kier alpha value is -2.40. The molecule has 0 spiro atoms. The normalized spacial score (nSPS) is 10.9. The number of amides is 1. The van der Waals surface area contributed by atoms with E-state index in [1.165, 1.54) is 0 Å². The highest BCUT2D eigenvalue weighted by Gasteiger charge is 2.15. The van der Waals surface area contributed by atoms with Crippen molar-refractivity contribution in [3.8, 4) is 5.82 Å². The molecule has 3 aromatic rings. The Morgan fingerprint density at radius 2 is 2.10 bits per heavy atom.